The molecule has 1 N–H and O–H groups in total. The van der Waals surface area contributed by atoms with Gasteiger partial charge in [-0.05, 0) is 24.3 Å². The Hall–Kier alpha value is -2.83. The molecular weight excluding hydrogens is 280 g/mol. The lowest BCUT2D eigenvalue weighted by Crippen LogP contribution is -2.16. The molecule has 0 saturated heterocycles. The van der Waals surface area contributed by atoms with Gasteiger partial charge in [0.2, 0.25) is 17.8 Å². The van der Waals surface area contributed by atoms with E-state index >= 15 is 0 Å². The van der Waals surface area contributed by atoms with Gasteiger partial charge in [-0.25, -0.2) is 0 Å². The van der Waals surface area contributed by atoms with Crippen molar-refractivity contribution in [3.63, 3.8) is 0 Å². The van der Waals surface area contributed by atoms with Gasteiger partial charge < -0.3 is 9.84 Å². The molecule has 0 aliphatic carbocycles. The van der Waals surface area contributed by atoms with Gasteiger partial charge in [-0.1, -0.05) is 17.3 Å². The molecule has 2 aromatic heterocycles. The van der Waals surface area contributed by atoms with E-state index in [0.717, 1.165) is 12.1 Å². The number of nitrogens with zero attached hydrogens (tertiary/aromatic N) is 2. The van der Waals surface area contributed by atoms with Gasteiger partial charge in [-0.15, -0.1) is 0 Å². The van der Waals surface area contributed by atoms with E-state index in [2.05, 4.69) is 15.5 Å². The number of anilines is 1. The van der Waals surface area contributed by atoms with Crippen LogP contribution in [0.4, 0.5) is 14.5 Å². The number of benzene rings is 1. The monoisotopic (exact) mass is 289 g/mol. The highest BCUT2D eigenvalue weighted by molar-refractivity contribution is 5.94. The number of pyridine rings is 1. The minimum atomic E-state index is -1.08. The normalized spacial score (nSPS) is 10.8. The molecule has 3 aromatic rings. The summed E-state index contributed by atoms with van der Waals surface area (Å²) in [6.07, 6.45) is -0.0895. The van der Waals surface area contributed by atoms with Crippen LogP contribution in [0.2, 0.25) is 0 Å². The zero-order valence-electron chi connectivity index (χ0n) is 10.6. The highest BCUT2D eigenvalue weighted by Gasteiger charge is 2.14. The van der Waals surface area contributed by atoms with Crippen LogP contribution in [-0.2, 0) is 11.2 Å². The number of hydrogen-bond donors (Lipinski definition) is 1. The average molecular weight is 289 g/mol. The first-order valence-electron chi connectivity index (χ1n) is 6.08. The number of nitrogens with one attached hydrogen (secondary N) is 1. The maximum Gasteiger partial charge on any atom is 0.239 e. The molecule has 0 aliphatic rings. The van der Waals surface area contributed by atoms with Crippen LogP contribution in [-0.4, -0.2) is 16.0 Å². The second kappa shape index (κ2) is 5.28. The van der Waals surface area contributed by atoms with Gasteiger partial charge in [0.05, 0.1) is 12.1 Å². The fraction of sp³-hybridized carbons (Fsp3) is 0.0714. The first-order valence-corrected chi connectivity index (χ1v) is 6.08. The molecule has 3 rings (SSSR count). The summed E-state index contributed by atoms with van der Waals surface area (Å²) >= 11 is 0. The quantitative estimate of drug-likeness (QED) is 0.753. The molecule has 7 heteroatoms. The van der Waals surface area contributed by atoms with E-state index in [1.807, 2.05) is 0 Å². The molecule has 106 valence electrons. The molecular formula is C14H9F2N3O2. The molecule has 1 aromatic carbocycles. The van der Waals surface area contributed by atoms with Crippen molar-refractivity contribution >= 4 is 22.6 Å². The maximum atomic E-state index is 13.3. The summed E-state index contributed by atoms with van der Waals surface area (Å²) in [5.74, 6) is -2.53. The van der Waals surface area contributed by atoms with Crippen molar-refractivity contribution in [2.45, 2.75) is 6.42 Å². The zero-order chi connectivity index (χ0) is 14.8. The van der Waals surface area contributed by atoms with Gasteiger partial charge in [-0.2, -0.15) is 13.8 Å². The van der Waals surface area contributed by atoms with E-state index in [4.69, 9.17) is 4.52 Å². The molecule has 0 atom stereocenters. The molecule has 0 aliphatic heterocycles. The molecule has 5 nitrogen and oxygen atoms in total. The van der Waals surface area contributed by atoms with E-state index < -0.39 is 17.8 Å². The third-order valence-electron chi connectivity index (χ3n) is 2.87. The number of para-hydroxylation sites is 1. The van der Waals surface area contributed by atoms with Crippen LogP contribution in [0.25, 0.3) is 11.0 Å². The lowest BCUT2D eigenvalue weighted by atomic mass is 10.1. The van der Waals surface area contributed by atoms with Crippen LogP contribution < -0.4 is 5.32 Å². The molecule has 0 unspecified atom stereocenters. The summed E-state index contributed by atoms with van der Waals surface area (Å²) in [7, 11) is 0. The van der Waals surface area contributed by atoms with Crippen molar-refractivity contribution in [3.05, 3.63) is 54.0 Å². The molecule has 21 heavy (non-hydrogen) atoms. The number of carbonyl (C=O) groups is 1. The Kier molecular flexibility index (Phi) is 3.31. The van der Waals surface area contributed by atoms with E-state index in [1.165, 1.54) is 0 Å². The van der Waals surface area contributed by atoms with E-state index in [0.29, 0.717) is 16.7 Å². The van der Waals surface area contributed by atoms with Crippen LogP contribution in [0.1, 0.15) is 5.69 Å². The minimum Gasteiger partial charge on any atom is -0.356 e. The highest BCUT2D eigenvalue weighted by Crippen LogP contribution is 2.19. The summed E-state index contributed by atoms with van der Waals surface area (Å²) in [5.41, 5.74) is 0.822. The van der Waals surface area contributed by atoms with Crippen molar-refractivity contribution in [1.29, 1.82) is 0 Å². The van der Waals surface area contributed by atoms with E-state index in [1.54, 1.807) is 24.3 Å². The lowest BCUT2D eigenvalue weighted by molar-refractivity contribution is -0.115. The second-order valence-electron chi connectivity index (χ2n) is 4.32. The standard InChI is InChI=1S/C14H9F2N3O2/c15-12-6-5-9(14(16)18-12)17-13(20)7-10-8-3-1-2-4-11(8)21-19-10/h1-6H,7H2,(H,17,20). The number of aromatic nitrogens is 2. The number of halogens is 2. The molecule has 0 spiro atoms. The zero-order valence-corrected chi connectivity index (χ0v) is 10.6. The number of amides is 1. The first kappa shape index (κ1) is 13.2. The third kappa shape index (κ3) is 2.71. The van der Waals surface area contributed by atoms with E-state index in [-0.39, 0.29) is 12.1 Å². The van der Waals surface area contributed by atoms with Crippen LogP contribution in [0.3, 0.4) is 0 Å². The molecule has 0 bridgehead atoms. The fourth-order valence-corrected chi connectivity index (χ4v) is 1.92. The van der Waals surface area contributed by atoms with Crippen molar-refractivity contribution in [3.8, 4) is 0 Å². The first-order chi connectivity index (χ1) is 10.1. The third-order valence-corrected chi connectivity index (χ3v) is 2.87. The smallest absolute Gasteiger partial charge is 0.239 e. The van der Waals surface area contributed by atoms with Crippen LogP contribution in [0.15, 0.2) is 40.9 Å². The van der Waals surface area contributed by atoms with Crippen LogP contribution in [0.5, 0.6) is 0 Å². The van der Waals surface area contributed by atoms with Crippen LogP contribution in [0, 0.1) is 11.9 Å². The van der Waals surface area contributed by atoms with Crippen LogP contribution >= 0.6 is 0 Å². The maximum absolute atomic E-state index is 13.3. The Bertz CT molecular complexity index is 817. The Morgan fingerprint density at radius 2 is 2.00 bits per heavy atom. The molecule has 0 radical (unpaired) electrons. The summed E-state index contributed by atoms with van der Waals surface area (Å²) in [6, 6.07) is 9.16. The predicted octanol–water partition coefficient (Wildman–Crippen LogP) is 2.68. The van der Waals surface area contributed by atoms with Gasteiger partial charge in [0, 0.05) is 5.39 Å². The molecule has 0 fully saturated rings. The number of fused-ring (bicyclic) bond motifs is 1. The fourth-order valence-electron chi connectivity index (χ4n) is 1.92. The molecule has 1 amide bonds. The van der Waals surface area contributed by atoms with Gasteiger partial charge in [0.15, 0.2) is 5.58 Å². The van der Waals surface area contributed by atoms with Gasteiger partial charge >= 0.3 is 0 Å². The molecule has 2 heterocycles. The van der Waals surface area contributed by atoms with Crippen molar-refractivity contribution in [2.24, 2.45) is 0 Å². The SMILES string of the molecule is O=C(Cc1noc2ccccc12)Nc1ccc(F)nc1F. The number of rotatable bonds is 3. The Labute approximate surface area is 117 Å². The van der Waals surface area contributed by atoms with Gasteiger partial charge in [0.1, 0.15) is 5.69 Å². The van der Waals surface area contributed by atoms with E-state index in [9.17, 15) is 13.6 Å². The van der Waals surface area contributed by atoms with Crippen molar-refractivity contribution in [1.82, 2.24) is 10.1 Å². The van der Waals surface area contributed by atoms with Gasteiger partial charge in [0.25, 0.3) is 0 Å². The highest BCUT2D eigenvalue weighted by atomic mass is 19.1. The van der Waals surface area contributed by atoms with Crippen molar-refractivity contribution < 1.29 is 18.1 Å². The van der Waals surface area contributed by atoms with Crippen molar-refractivity contribution in [2.75, 3.05) is 5.32 Å². The molecule has 0 saturated carbocycles. The Morgan fingerprint density at radius 1 is 1.19 bits per heavy atom. The lowest BCUT2D eigenvalue weighted by Gasteiger charge is -2.04. The Morgan fingerprint density at radius 3 is 2.81 bits per heavy atom. The Balaban J connectivity index is 1.77. The minimum absolute atomic E-state index is 0.0895. The summed E-state index contributed by atoms with van der Waals surface area (Å²) < 4.78 is 31.1. The number of carbonyl (C=O) groups excluding carboxylic acids is 1. The van der Waals surface area contributed by atoms with Gasteiger partial charge in [-0.3, -0.25) is 4.79 Å². The number of hydrogen-bond acceptors (Lipinski definition) is 4. The topological polar surface area (TPSA) is 68.0 Å². The summed E-state index contributed by atoms with van der Waals surface area (Å²) in [5, 5.41) is 6.84. The largest absolute Gasteiger partial charge is 0.356 e. The average Bonchev–Trinajstić information content (AvgIpc) is 2.85. The second-order valence-corrected chi connectivity index (χ2v) is 4.32. The summed E-state index contributed by atoms with van der Waals surface area (Å²) in [6.45, 7) is 0. The predicted molar refractivity (Wildman–Crippen MR) is 70.5 cm³/mol. The summed E-state index contributed by atoms with van der Waals surface area (Å²) in [4.78, 5) is 14.9.